The molecular weight excluding hydrogens is 430 g/mol. The first kappa shape index (κ1) is 22.3. The summed E-state index contributed by atoms with van der Waals surface area (Å²) < 4.78 is 60.1. The molecule has 1 N–H and O–H groups in total. The van der Waals surface area contributed by atoms with Crippen LogP contribution in [-0.4, -0.2) is 35.4 Å². The molecule has 0 atom stereocenters. The van der Waals surface area contributed by atoms with Gasteiger partial charge < -0.3 is 9.30 Å². The largest absolute Gasteiger partial charge is 0.421 e. The standard InChI is InChI=1S/C20H20F2N4O4S/c1-13-5-3-6-15(22)19(13)30-20-23-16(14-7-8-18(27)26(2)12-14)11-17(24-20)25-31(28,29)10-4-9-21/h3,5-8,11-12H,4,9-10H2,1-2H3,(H,23,24,25). The van der Waals surface area contributed by atoms with E-state index in [4.69, 9.17) is 4.74 Å². The Bertz CT molecular complexity index is 1240. The van der Waals surface area contributed by atoms with Gasteiger partial charge in [0.15, 0.2) is 11.6 Å². The van der Waals surface area contributed by atoms with Crippen molar-refractivity contribution in [2.24, 2.45) is 7.05 Å². The molecule has 31 heavy (non-hydrogen) atoms. The number of benzene rings is 1. The molecule has 0 saturated carbocycles. The van der Waals surface area contributed by atoms with Crippen LogP contribution in [0.5, 0.6) is 11.8 Å². The summed E-state index contributed by atoms with van der Waals surface area (Å²) in [4.78, 5) is 19.9. The SMILES string of the molecule is Cc1cccc(F)c1Oc1nc(NS(=O)(=O)CCCF)cc(-c2ccc(=O)n(C)c2)n1. The van der Waals surface area contributed by atoms with Gasteiger partial charge in [0.1, 0.15) is 5.82 Å². The second-order valence-corrected chi connectivity index (χ2v) is 8.58. The lowest BCUT2D eigenvalue weighted by molar-refractivity contribution is 0.409. The molecule has 1 aromatic carbocycles. The minimum absolute atomic E-state index is 0.105. The van der Waals surface area contributed by atoms with Crippen molar-refractivity contribution in [3.63, 3.8) is 0 Å². The van der Waals surface area contributed by atoms with Crippen molar-refractivity contribution in [1.29, 1.82) is 0 Å². The normalized spacial score (nSPS) is 11.4. The van der Waals surface area contributed by atoms with E-state index in [2.05, 4.69) is 14.7 Å². The molecule has 164 valence electrons. The van der Waals surface area contributed by atoms with Gasteiger partial charge in [-0.25, -0.2) is 12.8 Å². The molecule has 3 rings (SSSR count). The number of para-hydroxylation sites is 1. The monoisotopic (exact) mass is 450 g/mol. The number of aryl methyl sites for hydroxylation is 2. The lowest BCUT2D eigenvalue weighted by atomic mass is 10.2. The van der Waals surface area contributed by atoms with Crippen LogP contribution in [0.1, 0.15) is 12.0 Å². The van der Waals surface area contributed by atoms with Gasteiger partial charge in [-0.1, -0.05) is 12.1 Å². The van der Waals surface area contributed by atoms with Gasteiger partial charge in [0.05, 0.1) is 18.1 Å². The second kappa shape index (κ2) is 9.21. The highest BCUT2D eigenvalue weighted by atomic mass is 32.2. The van der Waals surface area contributed by atoms with Gasteiger partial charge in [0, 0.05) is 30.9 Å². The molecule has 0 aliphatic carbocycles. The van der Waals surface area contributed by atoms with E-state index < -0.39 is 28.3 Å². The number of anilines is 1. The van der Waals surface area contributed by atoms with E-state index in [1.165, 1.54) is 41.1 Å². The van der Waals surface area contributed by atoms with Gasteiger partial charge in [-0.2, -0.15) is 9.97 Å². The number of nitrogens with one attached hydrogen (secondary N) is 1. The molecule has 0 amide bonds. The predicted octanol–water partition coefficient (Wildman–Crippen LogP) is 3.18. The molecule has 11 heteroatoms. The van der Waals surface area contributed by atoms with E-state index in [0.717, 1.165) is 0 Å². The first-order chi connectivity index (χ1) is 14.7. The Balaban J connectivity index is 2.07. The third-order valence-corrected chi connectivity index (χ3v) is 5.60. The molecular formula is C20H20F2N4O4S. The number of halogens is 2. The van der Waals surface area contributed by atoms with Crippen LogP contribution < -0.4 is 15.0 Å². The molecule has 0 fully saturated rings. The minimum atomic E-state index is -3.88. The fourth-order valence-electron chi connectivity index (χ4n) is 2.71. The smallest absolute Gasteiger partial charge is 0.324 e. The Morgan fingerprint density at radius 1 is 1.19 bits per heavy atom. The molecule has 0 aliphatic heterocycles. The van der Waals surface area contributed by atoms with E-state index in [1.807, 2.05) is 0 Å². The zero-order valence-corrected chi connectivity index (χ0v) is 17.6. The van der Waals surface area contributed by atoms with Crippen LogP contribution in [-0.2, 0) is 17.1 Å². The van der Waals surface area contributed by atoms with E-state index in [9.17, 15) is 22.0 Å². The molecule has 0 radical (unpaired) electrons. The Kier molecular flexibility index (Phi) is 6.64. The van der Waals surface area contributed by atoms with Crippen LogP contribution in [0.4, 0.5) is 14.6 Å². The predicted molar refractivity (Wildman–Crippen MR) is 112 cm³/mol. The highest BCUT2D eigenvalue weighted by molar-refractivity contribution is 7.92. The lowest BCUT2D eigenvalue weighted by Gasteiger charge is -2.13. The summed E-state index contributed by atoms with van der Waals surface area (Å²) in [6.45, 7) is 0.852. The van der Waals surface area contributed by atoms with Crippen molar-refractivity contribution in [2.75, 3.05) is 17.1 Å². The van der Waals surface area contributed by atoms with Gasteiger partial charge in [0.2, 0.25) is 15.6 Å². The maximum absolute atomic E-state index is 14.2. The molecule has 0 spiro atoms. The first-order valence-electron chi connectivity index (χ1n) is 9.24. The van der Waals surface area contributed by atoms with Crippen molar-refractivity contribution < 1.29 is 21.9 Å². The van der Waals surface area contributed by atoms with Crippen LogP contribution >= 0.6 is 0 Å². The summed E-state index contributed by atoms with van der Waals surface area (Å²) in [6.07, 6.45) is 1.33. The van der Waals surface area contributed by atoms with Crippen LogP contribution in [0.3, 0.4) is 0 Å². The summed E-state index contributed by atoms with van der Waals surface area (Å²) in [7, 11) is -2.33. The Morgan fingerprint density at radius 3 is 2.65 bits per heavy atom. The maximum Gasteiger partial charge on any atom is 0.324 e. The minimum Gasteiger partial charge on any atom is -0.421 e. The third-order valence-electron chi connectivity index (χ3n) is 4.25. The number of sulfonamides is 1. The fraction of sp³-hybridized carbons (Fsp3) is 0.250. The van der Waals surface area contributed by atoms with Crippen molar-refractivity contribution in [1.82, 2.24) is 14.5 Å². The molecule has 0 unspecified atom stereocenters. The number of pyridine rings is 1. The van der Waals surface area contributed by atoms with Crippen molar-refractivity contribution in [3.8, 4) is 23.0 Å². The zero-order chi connectivity index (χ0) is 22.6. The maximum atomic E-state index is 14.2. The summed E-state index contributed by atoms with van der Waals surface area (Å²) in [6, 6.07) is 8.23. The summed E-state index contributed by atoms with van der Waals surface area (Å²) >= 11 is 0. The van der Waals surface area contributed by atoms with Crippen LogP contribution in [0.2, 0.25) is 0 Å². The number of hydrogen-bond acceptors (Lipinski definition) is 6. The average molecular weight is 450 g/mol. The van der Waals surface area contributed by atoms with Gasteiger partial charge in [-0.3, -0.25) is 13.9 Å². The van der Waals surface area contributed by atoms with Gasteiger partial charge in [0.25, 0.3) is 0 Å². The summed E-state index contributed by atoms with van der Waals surface area (Å²) in [5.74, 6) is -1.32. The van der Waals surface area contributed by atoms with Crippen molar-refractivity contribution in [3.05, 3.63) is 64.3 Å². The van der Waals surface area contributed by atoms with Gasteiger partial charge >= 0.3 is 6.01 Å². The molecule has 0 aliphatic rings. The van der Waals surface area contributed by atoms with Gasteiger partial charge in [-0.15, -0.1) is 0 Å². The van der Waals surface area contributed by atoms with Crippen molar-refractivity contribution in [2.45, 2.75) is 13.3 Å². The van der Waals surface area contributed by atoms with Gasteiger partial charge in [-0.05, 0) is 31.0 Å². The number of rotatable bonds is 8. The van der Waals surface area contributed by atoms with Crippen molar-refractivity contribution >= 4 is 15.8 Å². The van der Waals surface area contributed by atoms with Crippen LogP contribution in [0.15, 0.2) is 47.4 Å². The number of hydrogen-bond donors (Lipinski definition) is 1. The molecule has 3 aromatic rings. The Labute approximate surface area is 177 Å². The Morgan fingerprint density at radius 2 is 1.97 bits per heavy atom. The second-order valence-electron chi connectivity index (χ2n) is 6.74. The third kappa shape index (κ3) is 5.63. The number of ether oxygens (including phenoxy) is 1. The molecule has 8 nitrogen and oxygen atoms in total. The fourth-order valence-corrected chi connectivity index (χ4v) is 3.72. The van der Waals surface area contributed by atoms with E-state index in [-0.39, 0.29) is 35.3 Å². The van der Waals surface area contributed by atoms with E-state index in [0.29, 0.717) is 11.1 Å². The molecule has 0 saturated heterocycles. The van der Waals surface area contributed by atoms with E-state index in [1.54, 1.807) is 20.0 Å². The molecule has 0 bridgehead atoms. The lowest BCUT2D eigenvalue weighted by Crippen LogP contribution is -2.18. The van der Waals surface area contributed by atoms with E-state index >= 15 is 0 Å². The number of alkyl halides is 1. The highest BCUT2D eigenvalue weighted by Crippen LogP contribution is 2.29. The summed E-state index contributed by atoms with van der Waals surface area (Å²) in [5, 5.41) is 0. The zero-order valence-electron chi connectivity index (χ0n) is 16.8. The number of aromatic nitrogens is 3. The average Bonchev–Trinajstić information content (AvgIpc) is 2.71. The molecule has 2 heterocycles. The van der Waals surface area contributed by atoms with Crippen LogP contribution in [0.25, 0.3) is 11.3 Å². The molecule has 2 aromatic heterocycles. The van der Waals surface area contributed by atoms with Crippen LogP contribution in [0, 0.1) is 12.7 Å². The summed E-state index contributed by atoms with van der Waals surface area (Å²) in [5.41, 5.74) is 0.950. The Hall–Kier alpha value is -3.34. The topological polar surface area (TPSA) is 103 Å². The highest BCUT2D eigenvalue weighted by Gasteiger charge is 2.17. The first-order valence-corrected chi connectivity index (χ1v) is 10.9. The quantitative estimate of drug-likeness (QED) is 0.565. The number of nitrogens with zero attached hydrogens (tertiary/aromatic N) is 3.